The minimum Gasteiger partial charge on any atom is -0.480 e. The number of rotatable bonds is 3. The molecule has 1 aliphatic carbocycles. The van der Waals surface area contributed by atoms with Gasteiger partial charge in [-0.2, -0.15) is 0 Å². The molecular formula is C19H23N3O3S. The first-order chi connectivity index (χ1) is 12.5. The van der Waals surface area contributed by atoms with E-state index in [1.54, 1.807) is 20.8 Å². The minimum absolute atomic E-state index is 0.0530. The van der Waals surface area contributed by atoms with Gasteiger partial charge in [-0.3, -0.25) is 4.79 Å². The van der Waals surface area contributed by atoms with Crippen molar-refractivity contribution in [1.82, 2.24) is 14.5 Å². The second-order valence-electron chi connectivity index (χ2n) is 7.39. The number of hydrogen-bond acceptors (Lipinski definition) is 4. The number of carbonyl (C=O) groups is 2. The molecule has 6 nitrogen and oxygen atoms in total. The first-order valence-corrected chi connectivity index (χ1v) is 9.98. The van der Waals surface area contributed by atoms with Crippen LogP contribution in [0, 0.1) is 12.8 Å². The van der Waals surface area contributed by atoms with Crippen molar-refractivity contribution in [3.63, 3.8) is 0 Å². The molecule has 4 rings (SSSR count). The van der Waals surface area contributed by atoms with Gasteiger partial charge in [-0.15, -0.1) is 11.3 Å². The summed E-state index contributed by atoms with van der Waals surface area (Å²) in [6.45, 7) is 1.95. The van der Waals surface area contributed by atoms with Gasteiger partial charge in [-0.05, 0) is 38.2 Å². The molecule has 2 aliphatic rings. The van der Waals surface area contributed by atoms with Crippen molar-refractivity contribution in [3.8, 4) is 11.3 Å². The average Bonchev–Trinajstić information content (AvgIpc) is 3.30. The van der Waals surface area contributed by atoms with E-state index in [2.05, 4.69) is 4.98 Å². The molecule has 0 unspecified atom stereocenters. The Bertz CT molecular complexity index is 856. The summed E-state index contributed by atoms with van der Waals surface area (Å²) in [5.41, 5.74) is 2.28. The second-order valence-corrected chi connectivity index (χ2v) is 8.45. The van der Waals surface area contributed by atoms with Crippen LogP contribution in [0.25, 0.3) is 11.3 Å². The molecule has 2 fully saturated rings. The zero-order chi connectivity index (χ0) is 18.4. The Kier molecular flexibility index (Phi) is 4.34. The van der Waals surface area contributed by atoms with Gasteiger partial charge in [0.25, 0.3) is 5.91 Å². The number of aryl methyl sites for hydroxylation is 2. The Morgan fingerprint density at radius 1 is 1.31 bits per heavy atom. The van der Waals surface area contributed by atoms with Crippen LogP contribution in [-0.2, 0) is 11.8 Å². The molecular weight excluding hydrogens is 350 g/mol. The van der Waals surface area contributed by atoms with Crippen LogP contribution in [-0.4, -0.2) is 43.5 Å². The largest absolute Gasteiger partial charge is 0.480 e. The molecule has 1 amide bonds. The summed E-state index contributed by atoms with van der Waals surface area (Å²) >= 11 is 1.57. The van der Waals surface area contributed by atoms with Gasteiger partial charge in [-0.25, -0.2) is 9.78 Å². The van der Waals surface area contributed by atoms with E-state index in [9.17, 15) is 14.7 Å². The van der Waals surface area contributed by atoms with Gasteiger partial charge < -0.3 is 14.6 Å². The molecule has 3 atom stereocenters. The zero-order valence-electron chi connectivity index (χ0n) is 15.0. The van der Waals surface area contributed by atoms with Crippen LogP contribution in [0.3, 0.4) is 0 Å². The van der Waals surface area contributed by atoms with Crippen molar-refractivity contribution in [2.75, 3.05) is 0 Å². The molecule has 1 saturated carbocycles. The Morgan fingerprint density at radius 2 is 2.08 bits per heavy atom. The van der Waals surface area contributed by atoms with E-state index in [1.807, 2.05) is 31.6 Å². The number of aliphatic carboxylic acids is 1. The average molecular weight is 373 g/mol. The molecule has 3 heterocycles. The highest BCUT2D eigenvalue weighted by molar-refractivity contribution is 7.09. The fourth-order valence-corrected chi connectivity index (χ4v) is 5.14. The van der Waals surface area contributed by atoms with Gasteiger partial charge in [-0.1, -0.05) is 12.8 Å². The lowest BCUT2D eigenvalue weighted by Crippen LogP contribution is -2.46. The lowest BCUT2D eigenvalue weighted by atomic mass is 9.84. The summed E-state index contributed by atoms with van der Waals surface area (Å²) < 4.78 is 1.79. The molecule has 0 aromatic carbocycles. The van der Waals surface area contributed by atoms with Gasteiger partial charge in [0.15, 0.2) is 0 Å². The van der Waals surface area contributed by atoms with Crippen LogP contribution >= 0.6 is 11.3 Å². The van der Waals surface area contributed by atoms with Crippen molar-refractivity contribution < 1.29 is 14.7 Å². The van der Waals surface area contributed by atoms with E-state index in [0.29, 0.717) is 18.0 Å². The van der Waals surface area contributed by atoms with Crippen LogP contribution in [0.5, 0.6) is 0 Å². The maximum atomic E-state index is 13.3. The normalized spacial score (nSPS) is 25.3. The predicted octanol–water partition coefficient (Wildman–Crippen LogP) is 3.31. The summed E-state index contributed by atoms with van der Waals surface area (Å²) in [5.74, 6) is -0.750. The third-order valence-electron chi connectivity index (χ3n) is 5.75. The van der Waals surface area contributed by atoms with Crippen LogP contribution in [0.2, 0.25) is 0 Å². The fraction of sp³-hybridized carbons (Fsp3) is 0.526. The Balaban J connectivity index is 1.67. The minimum atomic E-state index is -0.891. The van der Waals surface area contributed by atoms with Crippen molar-refractivity contribution in [2.24, 2.45) is 13.0 Å². The number of aromatic nitrogens is 2. The smallest absolute Gasteiger partial charge is 0.326 e. The van der Waals surface area contributed by atoms with Crippen LogP contribution in [0.1, 0.15) is 47.6 Å². The SMILES string of the molecule is Cc1nc(-c2cc(C(=O)N3[C@@H]4CCCC[C@@H]4C[C@H]3C(=O)O)n(C)c2)cs1. The van der Waals surface area contributed by atoms with Gasteiger partial charge in [0.1, 0.15) is 11.7 Å². The van der Waals surface area contributed by atoms with E-state index >= 15 is 0 Å². The molecule has 7 heteroatoms. The van der Waals surface area contributed by atoms with E-state index in [1.165, 1.54) is 0 Å². The predicted molar refractivity (Wildman–Crippen MR) is 99.2 cm³/mol. The van der Waals surface area contributed by atoms with E-state index in [4.69, 9.17) is 0 Å². The number of carboxylic acid groups (broad SMARTS) is 1. The van der Waals surface area contributed by atoms with Crippen LogP contribution in [0.4, 0.5) is 0 Å². The molecule has 1 saturated heterocycles. The zero-order valence-corrected chi connectivity index (χ0v) is 15.8. The summed E-state index contributed by atoms with van der Waals surface area (Å²) in [6.07, 6.45) is 6.60. The highest BCUT2D eigenvalue weighted by Crippen LogP contribution is 2.40. The number of likely N-dealkylation sites (tertiary alicyclic amines) is 1. The van der Waals surface area contributed by atoms with Gasteiger partial charge in [0.05, 0.1) is 10.7 Å². The van der Waals surface area contributed by atoms with E-state index in [0.717, 1.165) is 41.9 Å². The standard InChI is InChI=1S/C19H23N3O3S/c1-11-20-14(10-26-11)13-8-16(21(2)9-13)18(23)22-15-6-4-3-5-12(15)7-17(22)19(24)25/h8-10,12,15,17H,3-7H2,1-2H3,(H,24,25)/t12-,15-,17+/m1/s1. The summed E-state index contributed by atoms with van der Waals surface area (Å²) in [6, 6.07) is 1.18. The van der Waals surface area contributed by atoms with Crippen molar-refractivity contribution in [2.45, 2.75) is 51.1 Å². The molecule has 1 N–H and O–H groups in total. The summed E-state index contributed by atoms with van der Waals surface area (Å²) in [5, 5.41) is 12.6. The number of fused-ring (bicyclic) bond motifs is 1. The topological polar surface area (TPSA) is 75.4 Å². The second kappa shape index (κ2) is 6.54. The van der Waals surface area contributed by atoms with Crippen molar-refractivity contribution >= 4 is 23.2 Å². The highest BCUT2D eigenvalue weighted by Gasteiger charge is 2.48. The van der Waals surface area contributed by atoms with Gasteiger partial charge in [0.2, 0.25) is 0 Å². The van der Waals surface area contributed by atoms with Crippen molar-refractivity contribution in [3.05, 3.63) is 28.3 Å². The number of carboxylic acids is 1. The summed E-state index contributed by atoms with van der Waals surface area (Å²) in [4.78, 5) is 31.2. The van der Waals surface area contributed by atoms with E-state index in [-0.39, 0.29) is 11.9 Å². The molecule has 2 aromatic rings. The molecule has 0 spiro atoms. The Labute approximate surface area is 156 Å². The third kappa shape index (κ3) is 2.84. The quantitative estimate of drug-likeness (QED) is 0.896. The monoisotopic (exact) mass is 373 g/mol. The number of nitrogens with zero attached hydrogens (tertiary/aromatic N) is 3. The third-order valence-corrected chi connectivity index (χ3v) is 6.52. The van der Waals surface area contributed by atoms with E-state index < -0.39 is 12.0 Å². The molecule has 2 aromatic heterocycles. The lowest BCUT2D eigenvalue weighted by molar-refractivity contribution is -0.141. The molecule has 138 valence electrons. The number of hydrogen-bond donors (Lipinski definition) is 1. The maximum absolute atomic E-state index is 13.3. The number of amides is 1. The van der Waals surface area contributed by atoms with Crippen LogP contribution < -0.4 is 0 Å². The van der Waals surface area contributed by atoms with Crippen LogP contribution in [0.15, 0.2) is 17.6 Å². The number of carbonyl (C=O) groups excluding carboxylic acids is 1. The highest BCUT2D eigenvalue weighted by atomic mass is 32.1. The molecule has 0 bridgehead atoms. The molecule has 26 heavy (non-hydrogen) atoms. The number of thiazole rings is 1. The molecule has 1 aliphatic heterocycles. The van der Waals surface area contributed by atoms with Crippen molar-refractivity contribution in [1.29, 1.82) is 0 Å². The van der Waals surface area contributed by atoms with Gasteiger partial charge >= 0.3 is 5.97 Å². The lowest BCUT2D eigenvalue weighted by Gasteiger charge is -2.33. The summed E-state index contributed by atoms with van der Waals surface area (Å²) in [7, 11) is 1.83. The maximum Gasteiger partial charge on any atom is 0.326 e. The molecule has 0 radical (unpaired) electrons. The Morgan fingerprint density at radius 3 is 2.77 bits per heavy atom. The first-order valence-electron chi connectivity index (χ1n) is 9.10. The first kappa shape index (κ1) is 17.3. The fourth-order valence-electron chi connectivity index (χ4n) is 4.52. The van der Waals surface area contributed by atoms with Gasteiger partial charge in [0, 0.05) is 30.2 Å². The Hall–Kier alpha value is -2.15.